The van der Waals surface area contributed by atoms with Gasteiger partial charge >= 0.3 is 0 Å². The van der Waals surface area contributed by atoms with Gasteiger partial charge in [0.2, 0.25) is 0 Å². The van der Waals surface area contributed by atoms with E-state index in [0.29, 0.717) is 18.8 Å². The Morgan fingerprint density at radius 2 is 1.79 bits per heavy atom. The fraction of sp³-hybridized carbons (Fsp3) is 0.429. The fourth-order valence-electron chi connectivity index (χ4n) is 2.75. The van der Waals surface area contributed by atoms with Crippen LogP contribution in [0.5, 0.6) is 0 Å². The van der Waals surface area contributed by atoms with Gasteiger partial charge in [-0.05, 0) is 44.5 Å². The molecule has 3 N–H and O–H groups in total. The number of aliphatic imine (C=N–C) groups is 1. The summed E-state index contributed by atoms with van der Waals surface area (Å²) in [6.45, 7) is 8.73. The Morgan fingerprint density at radius 1 is 1.03 bits per heavy atom. The van der Waals surface area contributed by atoms with Gasteiger partial charge in [-0.25, -0.2) is 0 Å². The van der Waals surface area contributed by atoms with Crippen LogP contribution in [0.15, 0.2) is 58.1 Å². The van der Waals surface area contributed by atoms with Gasteiger partial charge in [0.25, 0.3) is 5.91 Å². The molecule has 160 valence electrons. The molecule has 0 unspecified atom stereocenters. The quantitative estimate of drug-likeness (QED) is 0.186. The van der Waals surface area contributed by atoms with E-state index in [1.165, 1.54) is 12.0 Å². The van der Waals surface area contributed by atoms with E-state index in [4.69, 9.17) is 4.42 Å². The van der Waals surface area contributed by atoms with Crippen LogP contribution in [-0.4, -0.2) is 51.1 Å². The number of anilines is 1. The molecule has 29 heavy (non-hydrogen) atoms. The maximum atomic E-state index is 11.8. The monoisotopic (exact) mass is 513 g/mol. The Morgan fingerprint density at radius 3 is 2.45 bits per heavy atom. The molecule has 0 bridgehead atoms. The van der Waals surface area contributed by atoms with Crippen LogP contribution in [0.25, 0.3) is 0 Å². The molecule has 0 fully saturated rings. The van der Waals surface area contributed by atoms with Gasteiger partial charge in [-0.3, -0.25) is 9.79 Å². The Kier molecular flexibility index (Phi) is 12.6. The maximum Gasteiger partial charge on any atom is 0.287 e. The first-order chi connectivity index (χ1) is 13.7. The summed E-state index contributed by atoms with van der Waals surface area (Å²) in [5, 5.41) is 9.27. The van der Waals surface area contributed by atoms with Crippen molar-refractivity contribution in [2.75, 3.05) is 44.2 Å². The summed E-state index contributed by atoms with van der Waals surface area (Å²) in [5.74, 6) is 0.867. The van der Waals surface area contributed by atoms with Crippen LogP contribution in [0.1, 0.15) is 30.8 Å². The lowest BCUT2D eigenvalue weighted by molar-refractivity contribution is 0.0926. The minimum Gasteiger partial charge on any atom is -0.459 e. The van der Waals surface area contributed by atoms with E-state index in [9.17, 15) is 4.79 Å². The van der Waals surface area contributed by atoms with E-state index >= 15 is 0 Å². The molecule has 0 radical (unpaired) electrons. The van der Waals surface area contributed by atoms with Crippen molar-refractivity contribution in [3.8, 4) is 0 Å². The van der Waals surface area contributed by atoms with Crippen LogP contribution in [0.2, 0.25) is 0 Å². The predicted octanol–water partition coefficient (Wildman–Crippen LogP) is 3.10. The molecule has 0 aliphatic rings. The van der Waals surface area contributed by atoms with Crippen LogP contribution >= 0.6 is 24.0 Å². The van der Waals surface area contributed by atoms with Gasteiger partial charge in [0.05, 0.1) is 6.26 Å². The normalized spacial score (nSPS) is 10.8. The van der Waals surface area contributed by atoms with E-state index < -0.39 is 0 Å². The van der Waals surface area contributed by atoms with Crippen LogP contribution in [0.3, 0.4) is 0 Å². The first kappa shape index (κ1) is 24.8. The van der Waals surface area contributed by atoms with Crippen LogP contribution in [-0.2, 0) is 0 Å². The molecule has 2 aromatic rings. The van der Waals surface area contributed by atoms with E-state index in [1.807, 2.05) is 13.0 Å². The minimum absolute atomic E-state index is 0. The zero-order valence-corrected chi connectivity index (χ0v) is 19.5. The zero-order chi connectivity index (χ0) is 20.0. The number of guanidine groups is 1. The molecule has 1 amide bonds. The number of benzene rings is 1. The second-order valence-corrected chi connectivity index (χ2v) is 6.19. The summed E-state index contributed by atoms with van der Waals surface area (Å²) < 4.78 is 5.07. The van der Waals surface area contributed by atoms with Gasteiger partial charge < -0.3 is 25.3 Å². The number of halogens is 1. The number of para-hydroxylation sites is 1. The number of carbonyl (C=O) groups is 1. The first-order valence-electron chi connectivity index (χ1n) is 9.88. The molecule has 1 heterocycles. The average molecular weight is 513 g/mol. The minimum atomic E-state index is -0.214. The Bertz CT molecular complexity index is 707. The topological polar surface area (TPSA) is 81.9 Å². The molecule has 8 heteroatoms. The highest BCUT2D eigenvalue weighted by molar-refractivity contribution is 14.0. The summed E-state index contributed by atoms with van der Waals surface area (Å²) in [6.07, 6.45) is 2.45. The number of furan rings is 1. The van der Waals surface area contributed by atoms with Crippen molar-refractivity contribution in [2.45, 2.75) is 20.3 Å². The molecule has 0 saturated carbocycles. The van der Waals surface area contributed by atoms with Gasteiger partial charge in [-0.1, -0.05) is 18.2 Å². The van der Waals surface area contributed by atoms with Crippen molar-refractivity contribution in [1.29, 1.82) is 0 Å². The molecule has 0 aliphatic carbocycles. The highest BCUT2D eigenvalue weighted by Gasteiger charge is 2.07. The van der Waals surface area contributed by atoms with Crippen LogP contribution in [0, 0.1) is 0 Å². The lowest BCUT2D eigenvalue weighted by Gasteiger charge is -2.22. The van der Waals surface area contributed by atoms with Crippen molar-refractivity contribution in [3.63, 3.8) is 0 Å². The van der Waals surface area contributed by atoms with Gasteiger partial charge in [0, 0.05) is 45.0 Å². The Labute approximate surface area is 190 Å². The van der Waals surface area contributed by atoms with E-state index in [2.05, 4.69) is 57.0 Å². The number of hydrogen-bond donors (Lipinski definition) is 3. The molecule has 1 aromatic carbocycles. The number of amides is 1. The zero-order valence-electron chi connectivity index (χ0n) is 17.2. The van der Waals surface area contributed by atoms with E-state index in [0.717, 1.165) is 38.6 Å². The second kappa shape index (κ2) is 14.7. The van der Waals surface area contributed by atoms with Crippen molar-refractivity contribution < 1.29 is 9.21 Å². The number of hydrogen-bond acceptors (Lipinski definition) is 4. The molecular formula is C21H32IN5O2. The van der Waals surface area contributed by atoms with Gasteiger partial charge in [0.15, 0.2) is 11.7 Å². The lowest BCUT2D eigenvalue weighted by atomic mass is 10.2. The summed E-state index contributed by atoms with van der Waals surface area (Å²) in [7, 11) is 0. The van der Waals surface area contributed by atoms with Gasteiger partial charge in [-0.15, -0.1) is 24.0 Å². The molecule has 0 atom stereocenters. The number of nitrogens with zero attached hydrogens (tertiary/aromatic N) is 2. The molecule has 1 aromatic heterocycles. The van der Waals surface area contributed by atoms with E-state index in [-0.39, 0.29) is 29.9 Å². The smallest absolute Gasteiger partial charge is 0.287 e. The Balaban J connectivity index is 0.00000420. The third kappa shape index (κ3) is 9.21. The summed E-state index contributed by atoms with van der Waals surface area (Å²) >= 11 is 0. The highest BCUT2D eigenvalue weighted by Crippen LogP contribution is 2.12. The molecule has 2 rings (SSSR count). The third-order valence-corrected chi connectivity index (χ3v) is 4.15. The predicted molar refractivity (Wildman–Crippen MR) is 129 cm³/mol. The summed E-state index contributed by atoms with van der Waals surface area (Å²) in [6, 6.07) is 13.8. The summed E-state index contributed by atoms with van der Waals surface area (Å²) in [4.78, 5) is 18.8. The molecule has 0 spiro atoms. The molecule has 0 aliphatic heterocycles. The highest BCUT2D eigenvalue weighted by atomic mass is 127. The van der Waals surface area contributed by atoms with Crippen molar-refractivity contribution >= 4 is 41.5 Å². The van der Waals surface area contributed by atoms with Crippen molar-refractivity contribution in [2.24, 2.45) is 4.99 Å². The van der Waals surface area contributed by atoms with Crippen molar-refractivity contribution in [1.82, 2.24) is 16.0 Å². The second-order valence-electron chi connectivity index (χ2n) is 6.19. The SMILES string of the molecule is CCNC(=NCCCN(CC)c1ccccc1)NCCNC(=O)c1ccco1.I. The number of nitrogens with one attached hydrogen (secondary N) is 3. The summed E-state index contributed by atoms with van der Waals surface area (Å²) in [5.41, 5.74) is 1.24. The molecular weight excluding hydrogens is 481 g/mol. The number of carbonyl (C=O) groups excluding carboxylic acids is 1. The number of rotatable bonds is 11. The fourth-order valence-corrected chi connectivity index (χ4v) is 2.75. The Hall–Kier alpha value is -2.23. The molecule has 7 nitrogen and oxygen atoms in total. The third-order valence-electron chi connectivity index (χ3n) is 4.15. The van der Waals surface area contributed by atoms with Crippen LogP contribution in [0.4, 0.5) is 5.69 Å². The maximum absolute atomic E-state index is 11.8. The van der Waals surface area contributed by atoms with Crippen molar-refractivity contribution in [3.05, 3.63) is 54.5 Å². The van der Waals surface area contributed by atoms with Gasteiger partial charge in [-0.2, -0.15) is 0 Å². The lowest BCUT2D eigenvalue weighted by Crippen LogP contribution is -2.41. The molecule has 0 saturated heterocycles. The standard InChI is InChI=1S/C21H31N5O2.HI/c1-3-22-21(25-15-14-23-20(27)19-12-8-17-28-19)24-13-9-16-26(4-2)18-10-6-5-7-11-18;/h5-8,10-12,17H,3-4,9,13-16H2,1-2H3,(H,23,27)(H2,22,24,25);1H. The van der Waals surface area contributed by atoms with Crippen LogP contribution < -0.4 is 20.9 Å². The van der Waals surface area contributed by atoms with E-state index in [1.54, 1.807) is 12.1 Å². The average Bonchev–Trinajstić information content (AvgIpc) is 3.26. The largest absolute Gasteiger partial charge is 0.459 e. The van der Waals surface area contributed by atoms with Gasteiger partial charge in [0.1, 0.15) is 0 Å². The first-order valence-corrected chi connectivity index (χ1v) is 9.88.